The van der Waals surface area contributed by atoms with Crippen LogP contribution in [0.3, 0.4) is 0 Å². The molecule has 0 radical (unpaired) electrons. The predicted molar refractivity (Wildman–Crippen MR) is 97.6 cm³/mol. The lowest BCUT2D eigenvalue weighted by atomic mass is 10.0. The molecule has 2 aromatic rings. The first-order valence-corrected chi connectivity index (χ1v) is 8.96. The summed E-state index contributed by atoms with van der Waals surface area (Å²) < 4.78 is 5.68. The topological polar surface area (TPSA) is 83.2 Å². The highest BCUT2D eigenvalue weighted by atomic mass is 16.5. The third-order valence-electron chi connectivity index (χ3n) is 4.54. The Morgan fingerprint density at radius 2 is 2.12 bits per heavy atom. The highest BCUT2D eigenvalue weighted by molar-refractivity contribution is 5.82. The Labute approximate surface area is 147 Å². The zero-order chi connectivity index (χ0) is 17.5. The van der Waals surface area contributed by atoms with Gasteiger partial charge in [0.15, 0.2) is 0 Å². The van der Waals surface area contributed by atoms with Crippen molar-refractivity contribution in [3.8, 4) is 0 Å². The highest BCUT2D eigenvalue weighted by Gasteiger charge is 2.13. The van der Waals surface area contributed by atoms with Crippen LogP contribution in [0.5, 0.6) is 0 Å². The van der Waals surface area contributed by atoms with Crippen molar-refractivity contribution in [1.29, 1.82) is 0 Å². The normalized spacial score (nSPS) is 17.4. The number of nitrogens with one attached hydrogen (secondary N) is 3. The third kappa shape index (κ3) is 5.06. The van der Waals surface area contributed by atoms with Gasteiger partial charge in [-0.25, -0.2) is 4.79 Å². The van der Waals surface area contributed by atoms with E-state index in [0.29, 0.717) is 19.2 Å². The molecule has 1 aromatic carbocycles. The predicted octanol–water partition coefficient (Wildman–Crippen LogP) is 2.68. The monoisotopic (exact) mass is 343 g/mol. The molecule has 134 valence electrons. The van der Waals surface area contributed by atoms with Gasteiger partial charge >= 0.3 is 6.03 Å². The smallest absolute Gasteiger partial charge is 0.315 e. The van der Waals surface area contributed by atoms with E-state index in [1.807, 2.05) is 24.3 Å². The molecule has 1 atom stereocenters. The van der Waals surface area contributed by atoms with E-state index in [1.165, 1.54) is 12.5 Å². The fraction of sp³-hybridized carbons (Fsp3) is 0.474. The quantitative estimate of drug-likeness (QED) is 0.705. The van der Waals surface area contributed by atoms with Crippen LogP contribution in [0.4, 0.5) is 4.79 Å². The first-order valence-electron chi connectivity index (χ1n) is 8.96. The van der Waals surface area contributed by atoms with Crippen molar-refractivity contribution >= 4 is 16.9 Å². The number of hydrogen-bond donors (Lipinski definition) is 3. The van der Waals surface area contributed by atoms with Crippen LogP contribution in [-0.4, -0.2) is 30.3 Å². The minimum Gasteiger partial charge on any atom is -0.378 e. The summed E-state index contributed by atoms with van der Waals surface area (Å²) in [5, 5.41) is 6.63. The second-order valence-electron chi connectivity index (χ2n) is 6.44. The molecule has 0 bridgehead atoms. The summed E-state index contributed by atoms with van der Waals surface area (Å²) in [7, 11) is 0. The Balaban J connectivity index is 1.44. The number of aromatic nitrogens is 1. The molecule has 6 nitrogen and oxygen atoms in total. The molecule has 25 heavy (non-hydrogen) atoms. The molecule has 2 heterocycles. The van der Waals surface area contributed by atoms with Gasteiger partial charge in [0.05, 0.1) is 6.10 Å². The first kappa shape index (κ1) is 17.5. The number of aromatic amines is 1. The van der Waals surface area contributed by atoms with E-state index < -0.39 is 0 Å². The summed E-state index contributed by atoms with van der Waals surface area (Å²) in [4.78, 5) is 26.5. The molecular weight excluding hydrogens is 318 g/mol. The summed E-state index contributed by atoms with van der Waals surface area (Å²) in [6.07, 6.45) is 5.77. The van der Waals surface area contributed by atoms with Crippen molar-refractivity contribution in [1.82, 2.24) is 15.6 Å². The highest BCUT2D eigenvalue weighted by Crippen LogP contribution is 2.16. The molecule has 3 N–H and O–H groups in total. The van der Waals surface area contributed by atoms with Gasteiger partial charge in [-0.3, -0.25) is 4.79 Å². The number of hydrogen-bond acceptors (Lipinski definition) is 3. The van der Waals surface area contributed by atoms with Crippen molar-refractivity contribution in [2.24, 2.45) is 0 Å². The number of amides is 2. The van der Waals surface area contributed by atoms with Crippen LogP contribution in [0, 0.1) is 0 Å². The number of rotatable bonds is 6. The Morgan fingerprint density at radius 3 is 2.96 bits per heavy atom. The number of benzene rings is 1. The lowest BCUT2D eigenvalue weighted by Crippen LogP contribution is -2.36. The average molecular weight is 343 g/mol. The SMILES string of the molecule is O=C(NCCC[C@@H]1CCCCO1)NCc1cc(=O)[nH]c2ccccc12. The number of pyridine rings is 1. The van der Waals surface area contributed by atoms with Gasteiger partial charge in [0.1, 0.15) is 0 Å². The van der Waals surface area contributed by atoms with Crippen LogP contribution < -0.4 is 16.2 Å². The summed E-state index contributed by atoms with van der Waals surface area (Å²) in [5.41, 5.74) is 1.42. The van der Waals surface area contributed by atoms with Crippen LogP contribution in [0.1, 0.15) is 37.7 Å². The van der Waals surface area contributed by atoms with Crippen LogP contribution in [-0.2, 0) is 11.3 Å². The number of para-hydroxylation sites is 1. The fourth-order valence-corrected chi connectivity index (χ4v) is 3.23. The van der Waals surface area contributed by atoms with Crippen LogP contribution in [0.15, 0.2) is 35.1 Å². The number of ether oxygens (including phenoxy) is 1. The molecule has 0 spiro atoms. The van der Waals surface area contributed by atoms with Crippen molar-refractivity contribution in [3.63, 3.8) is 0 Å². The molecule has 1 saturated heterocycles. The second kappa shape index (κ2) is 8.67. The van der Waals surface area contributed by atoms with Gasteiger partial charge in [-0.2, -0.15) is 0 Å². The van der Waals surface area contributed by atoms with E-state index in [0.717, 1.165) is 48.8 Å². The van der Waals surface area contributed by atoms with E-state index in [-0.39, 0.29) is 11.6 Å². The third-order valence-corrected chi connectivity index (χ3v) is 4.54. The number of fused-ring (bicyclic) bond motifs is 1. The van der Waals surface area contributed by atoms with Crippen LogP contribution >= 0.6 is 0 Å². The molecular formula is C19H25N3O3. The van der Waals surface area contributed by atoms with Gasteiger partial charge < -0.3 is 20.4 Å². The van der Waals surface area contributed by atoms with Crippen LogP contribution in [0.2, 0.25) is 0 Å². The van der Waals surface area contributed by atoms with Crippen molar-refractivity contribution in [2.45, 2.75) is 44.8 Å². The maximum absolute atomic E-state index is 11.9. The number of urea groups is 1. The number of carbonyl (C=O) groups is 1. The Hall–Kier alpha value is -2.34. The fourth-order valence-electron chi connectivity index (χ4n) is 3.23. The summed E-state index contributed by atoms with van der Waals surface area (Å²) in [6, 6.07) is 8.89. The number of carbonyl (C=O) groups excluding carboxylic acids is 1. The van der Waals surface area contributed by atoms with E-state index >= 15 is 0 Å². The maximum Gasteiger partial charge on any atom is 0.315 e. The molecule has 0 unspecified atom stereocenters. The zero-order valence-corrected chi connectivity index (χ0v) is 14.3. The largest absolute Gasteiger partial charge is 0.378 e. The van der Waals surface area contributed by atoms with Crippen molar-refractivity contribution in [2.75, 3.05) is 13.2 Å². The summed E-state index contributed by atoms with van der Waals surface area (Å²) in [6.45, 7) is 1.81. The summed E-state index contributed by atoms with van der Waals surface area (Å²) in [5.74, 6) is 0. The summed E-state index contributed by atoms with van der Waals surface area (Å²) >= 11 is 0. The minimum atomic E-state index is -0.214. The van der Waals surface area contributed by atoms with E-state index in [2.05, 4.69) is 15.6 Å². The van der Waals surface area contributed by atoms with Gasteiger partial charge in [0.2, 0.25) is 5.56 Å². The van der Waals surface area contributed by atoms with E-state index in [1.54, 1.807) is 0 Å². The van der Waals surface area contributed by atoms with Gasteiger partial charge in [-0.05, 0) is 43.7 Å². The minimum absolute atomic E-state index is 0.164. The van der Waals surface area contributed by atoms with Gasteiger partial charge in [0.25, 0.3) is 0 Å². The Bertz CT molecular complexity index is 766. The zero-order valence-electron chi connectivity index (χ0n) is 14.3. The Kier molecular flexibility index (Phi) is 6.06. The van der Waals surface area contributed by atoms with Gasteiger partial charge in [-0.1, -0.05) is 18.2 Å². The average Bonchev–Trinajstić information content (AvgIpc) is 2.64. The molecule has 3 rings (SSSR count). The molecule has 1 aromatic heterocycles. The molecule has 6 heteroatoms. The molecule has 0 aliphatic carbocycles. The lowest BCUT2D eigenvalue weighted by Gasteiger charge is -2.22. The standard InChI is InChI=1S/C19H25N3O3/c23-18-12-14(16-8-1-2-9-17(16)22-18)13-21-19(24)20-10-5-7-15-6-3-4-11-25-15/h1-2,8-9,12,15H,3-7,10-11,13H2,(H,22,23)(H2,20,21,24)/t15-/m0/s1. The lowest BCUT2D eigenvalue weighted by molar-refractivity contribution is 0.0103. The molecule has 2 amide bonds. The second-order valence-corrected chi connectivity index (χ2v) is 6.44. The number of H-pyrrole nitrogens is 1. The van der Waals surface area contributed by atoms with Crippen molar-refractivity contribution in [3.05, 3.63) is 46.2 Å². The molecule has 1 aliphatic heterocycles. The van der Waals surface area contributed by atoms with Gasteiger partial charge in [-0.15, -0.1) is 0 Å². The maximum atomic E-state index is 11.9. The van der Waals surface area contributed by atoms with E-state index in [9.17, 15) is 9.59 Å². The van der Waals surface area contributed by atoms with Crippen LogP contribution in [0.25, 0.3) is 10.9 Å². The van der Waals surface area contributed by atoms with Crippen molar-refractivity contribution < 1.29 is 9.53 Å². The molecule has 1 fully saturated rings. The van der Waals surface area contributed by atoms with E-state index in [4.69, 9.17) is 4.74 Å². The first-order chi connectivity index (χ1) is 12.2. The molecule has 0 saturated carbocycles. The Morgan fingerprint density at radius 1 is 1.24 bits per heavy atom. The van der Waals surface area contributed by atoms with Gasteiger partial charge in [0, 0.05) is 36.7 Å². The molecule has 1 aliphatic rings.